The molecule has 3 aromatic carbocycles. The number of carbonyl (C=O) groups is 2. The standard InChI is InChI=1S/C33H38ClN5O3/c34-29-21-28(31-27(30(29)35)15-20-42-31)32(40)36-24-13-16-37(17-14-24)22-23-11-18-38(19-12-23)33(41)39(25-7-3-1-4-8-25)26-9-5-2-6-10-26/h1-10,21,23-24H,11-20,22,35H2,(H,36,40). The maximum atomic E-state index is 13.7. The maximum absolute atomic E-state index is 13.7. The van der Waals surface area contributed by atoms with Crippen molar-refractivity contribution in [1.29, 1.82) is 0 Å². The van der Waals surface area contributed by atoms with Crippen LogP contribution in [0.4, 0.5) is 21.9 Å². The van der Waals surface area contributed by atoms with E-state index in [2.05, 4.69) is 10.2 Å². The number of amides is 3. The quantitative estimate of drug-likeness (QED) is 0.360. The third-order valence-corrected chi connectivity index (χ3v) is 9.07. The van der Waals surface area contributed by atoms with Crippen molar-refractivity contribution >= 4 is 40.6 Å². The van der Waals surface area contributed by atoms with Gasteiger partial charge in [-0.2, -0.15) is 0 Å². The molecule has 42 heavy (non-hydrogen) atoms. The number of halogens is 1. The molecule has 0 saturated carbocycles. The van der Waals surface area contributed by atoms with Crippen molar-refractivity contribution in [1.82, 2.24) is 15.1 Å². The van der Waals surface area contributed by atoms with E-state index in [-0.39, 0.29) is 18.0 Å². The van der Waals surface area contributed by atoms with Gasteiger partial charge in [0, 0.05) is 50.7 Å². The van der Waals surface area contributed by atoms with Crippen LogP contribution in [0, 0.1) is 5.92 Å². The number of hydrogen-bond acceptors (Lipinski definition) is 5. The summed E-state index contributed by atoms with van der Waals surface area (Å²) < 4.78 is 5.72. The molecule has 0 atom stereocenters. The van der Waals surface area contributed by atoms with E-state index in [0.29, 0.717) is 41.0 Å². The van der Waals surface area contributed by atoms with Gasteiger partial charge in [0.2, 0.25) is 0 Å². The van der Waals surface area contributed by atoms with Crippen molar-refractivity contribution in [3.05, 3.63) is 82.9 Å². The zero-order valence-corrected chi connectivity index (χ0v) is 24.6. The van der Waals surface area contributed by atoms with Crippen LogP contribution in [0.15, 0.2) is 66.7 Å². The number of urea groups is 1. The summed E-state index contributed by atoms with van der Waals surface area (Å²) in [6.45, 7) is 4.93. The van der Waals surface area contributed by atoms with Crippen molar-refractivity contribution < 1.29 is 14.3 Å². The Morgan fingerprint density at radius 2 is 1.55 bits per heavy atom. The fourth-order valence-electron chi connectivity index (χ4n) is 6.40. The number of benzene rings is 3. The monoisotopic (exact) mass is 587 g/mol. The first kappa shape index (κ1) is 28.4. The summed E-state index contributed by atoms with van der Waals surface area (Å²) in [6, 6.07) is 21.5. The number of nitrogen functional groups attached to an aromatic ring is 1. The van der Waals surface area contributed by atoms with Crippen LogP contribution in [0.1, 0.15) is 41.6 Å². The molecule has 0 bridgehead atoms. The van der Waals surface area contributed by atoms with Crippen LogP contribution >= 0.6 is 11.6 Å². The summed E-state index contributed by atoms with van der Waals surface area (Å²) in [7, 11) is 0. The fraction of sp³-hybridized carbons (Fsp3) is 0.394. The summed E-state index contributed by atoms with van der Waals surface area (Å²) in [5.74, 6) is 0.983. The Hall–Kier alpha value is -3.75. The molecule has 2 fully saturated rings. The highest BCUT2D eigenvalue weighted by Gasteiger charge is 2.31. The molecule has 0 aromatic heterocycles. The lowest BCUT2D eigenvalue weighted by atomic mass is 9.94. The molecule has 220 valence electrons. The van der Waals surface area contributed by atoms with Crippen LogP contribution in [-0.2, 0) is 6.42 Å². The third kappa shape index (κ3) is 6.05. The molecule has 3 N–H and O–H groups in total. The number of rotatable bonds is 6. The Labute approximate surface area is 252 Å². The van der Waals surface area contributed by atoms with Gasteiger partial charge in [0.25, 0.3) is 5.91 Å². The summed E-state index contributed by atoms with van der Waals surface area (Å²) in [6.07, 6.45) is 4.45. The lowest BCUT2D eigenvalue weighted by Crippen LogP contribution is -2.48. The number of likely N-dealkylation sites (tertiary alicyclic amines) is 2. The Kier molecular flexibility index (Phi) is 8.53. The molecule has 8 nitrogen and oxygen atoms in total. The molecule has 0 radical (unpaired) electrons. The van der Waals surface area contributed by atoms with Gasteiger partial charge in [-0.3, -0.25) is 9.69 Å². The van der Waals surface area contributed by atoms with E-state index < -0.39 is 0 Å². The molecule has 3 amide bonds. The second kappa shape index (κ2) is 12.6. The summed E-state index contributed by atoms with van der Waals surface area (Å²) in [5, 5.41) is 3.60. The number of anilines is 3. The van der Waals surface area contributed by atoms with Gasteiger partial charge < -0.3 is 25.6 Å². The predicted octanol–water partition coefficient (Wildman–Crippen LogP) is 5.72. The molecule has 9 heteroatoms. The Balaban J connectivity index is 0.989. The highest BCUT2D eigenvalue weighted by atomic mass is 35.5. The topological polar surface area (TPSA) is 91.1 Å². The first-order chi connectivity index (χ1) is 20.5. The highest BCUT2D eigenvalue weighted by Crippen LogP contribution is 2.39. The van der Waals surface area contributed by atoms with E-state index in [1.165, 1.54) is 0 Å². The van der Waals surface area contributed by atoms with Gasteiger partial charge in [0.1, 0.15) is 5.75 Å². The van der Waals surface area contributed by atoms with Crippen molar-refractivity contribution in [2.75, 3.05) is 50.0 Å². The minimum atomic E-state index is -0.148. The van der Waals surface area contributed by atoms with Crippen LogP contribution < -0.4 is 20.7 Å². The van der Waals surface area contributed by atoms with E-state index in [4.69, 9.17) is 22.1 Å². The number of nitrogens with one attached hydrogen (secondary N) is 1. The molecular formula is C33H38ClN5O3. The number of nitrogens with two attached hydrogens (primary N) is 1. The zero-order chi connectivity index (χ0) is 29.1. The van der Waals surface area contributed by atoms with Crippen LogP contribution in [-0.4, -0.2) is 67.1 Å². The largest absolute Gasteiger partial charge is 0.492 e. The zero-order valence-electron chi connectivity index (χ0n) is 23.8. The lowest BCUT2D eigenvalue weighted by Gasteiger charge is -2.39. The van der Waals surface area contributed by atoms with Gasteiger partial charge >= 0.3 is 6.03 Å². The number of hydrogen-bond donors (Lipinski definition) is 2. The Morgan fingerprint density at radius 1 is 0.929 bits per heavy atom. The molecular weight excluding hydrogens is 550 g/mol. The molecule has 3 aliphatic rings. The molecule has 3 aliphatic heterocycles. The number of fused-ring (bicyclic) bond motifs is 1. The van der Waals surface area contributed by atoms with E-state index in [1.807, 2.05) is 70.5 Å². The number of piperidine rings is 2. The summed E-state index contributed by atoms with van der Waals surface area (Å²) >= 11 is 6.30. The smallest absolute Gasteiger partial charge is 0.329 e. The maximum Gasteiger partial charge on any atom is 0.329 e. The van der Waals surface area contributed by atoms with Gasteiger partial charge in [-0.05, 0) is 61.9 Å². The second-order valence-electron chi connectivity index (χ2n) is 11.5. The number of carbonyl (C=O) groups excluding carboxylic acids is 2. The number of nitrogens with zero attached hydrogens (tertiary/aromatic N) is 3. The summed E-state index contributed by atoms with van der Waals surface area (Å²) in [5.41, 5.74) is 9.67. The molecule has 3 heterocycles. The van der Waals surface area contributed by atoms with Gasteiger partial charge in [0.05, 0.1) is 34.3 Å². The van der Waals surface area contributed by atoms with Gasteiger partial charge in [-0.25, -0.2) is 4.79 Å². The van der Waals surface area contributed by atoms with E-state index in [0.717, 1.165) is 75.3 Å². The normalized spacial score (nSPS) is 17.9. The molecule has 2 saturated heterocycles. The SMILES string of the molecule is Nc1c(Cl)cc(C(=O)NC2CCN(CC3CCN(C(=O)N(c4ccccc4)c4ccccc4)CC3)CC2)c2c1CCO2. The molecule has 0 aliphatic carbocycles. The third-order valence-electron chi connectivity index (χ3n) is 8.76. The first-order valence-electron chi connectivity index (χ1n) is 14.9. The van der Waals surface area contributed by atoms with Crippen LogP contribution in [0.3, 0.4) is 0 Å². The average molecular weight is 588 g/mol. The van der Waals surface area contributed by atoms with Gasteiger partial charge in [-0.1, -0.05) is 48.0 Å². The Morgan fingerprint density at radius 3 is 2.17 bits per heavy atom. The van der Waals surface area contributed by atoms with Crippen molar-refractivity contribution in [3.8, 4) is 5.75 Å². The molecule has 0 spiro atoms. The molecule has 0 unspecified atom stereocenters. The van der Waals surface area contributed by atoms with E-state index in [1.54, 1.807) is 6.07 Å². The minimum absolute atomic E-state index is 0.0286. The van der Waals surface area contributed by atoms with Crippen molar-refractivity contribution in [2.24, 2.45) is 5.92 Å². The van der Waals surface area contributed by atoms with E-state index in [9.17, 15) is 9.59 Å². The average Bonchev–Trinajstić information content (AvgIpc) is 3.52. The summed E-state index contributed by atoms with van der Waals surface area (Å²) in [4.78, 5) is 33.1. The van der Waals surface area contributed by atoms with Crippen molar-refractivity contribution in [2.45, 2.75) is 38.1 Å². The molecule has 3 aromatic rings. The number of ether oxygens (including phenoxy) is 1. The minimum Gasteiger partial charge on any atom is -0.492 e. The Bertz CT molecular complexity index is 1360. The predicted molar refractivity (Wildman–Crippen MR) is 167 cm³/mol. The van der Waals surface area contributed by atoms with Crippen molar-refractivity contribution in [3.63, 3.8) is 0 Å². The second-order valence-corrected chi connectivity index (χ2v) is 11.9. The highest BCUT2D eigenvalue weighted by molar-refractivity contribution is 6.33. The fourth-order valence-corrected chi connectivity index (χ4v) is 6.62. The lowest BCUT2D eigenvalue weighted by molar-refractivity contribution is 0.0892. The van der Waals surface area contributed by atoms with Crippen LogP contribution in [0.2, 0.25) is 5.02 Å². The molecule has 6 rings (SSSR count). The van der Waals surface area contributed by atoms with Gasteiger partial charge in [-0.15, -0.1) is 0 Å². The van der Waals surface area contributed by atoms with Crippen LogP contribution in [0.5, 0.6) is 5.75 Å². The van der Waals surface area contributed by atoms with Crippen LogP contribution in [0.25, 0.3) is 0 Å². The first-order valence-corrected chi connectivity index (χ1v) is 15.3. The number of para-hydroxylation sites is 2. The van der Waals surface area contributed by atoms with Gasteiger partial charge in [0.15, 0.2) is 0 Å². The van der Waals surface area contributed by atoms with E-state index >= 15 is 0 Å².